The Hall–Kier alpha value is -2.09. The van der Waals surface area contributed by atoms with E-state index in [1.807, 2.05) is 18.2 Å². The predicted octanol–water partition coefficient (Wildman–Crippen LogP) is 3.51. The molecule has 1 heterocycles. The van der Waals surface area contributed by atoms with Crippen LogP contribution in [0.25, 0.3) is 0 Å². The summed E-state index contributed by atoms with van der Waals surface area (Å²) < 4.78 is 5.70. The molecule has 90 valence electrons. The van der Waals surface area contributed by atoms with Crippen LogP contribution >= 0.6 is 0 Å². The van der Waals surface area contributed by atoms with Crippen LogP contribution in [0.4, 0.5) is 0 Å². The van der Waals surface area contributed by atoms with Crippen LogP contribution in [0, 0.1) is 6.92 Å². The molecule has 0 saturated heterocycles. The Kier molecular flexibility index (Phi) is 2.85. The largest absolute Gasteiger partial charge is 0.475 e. The van der Waals surface area contributed by atoms with E-state index in [1.165, 1.54) is 11.1 Å². The minimum absolute atomic E-state index is 0.127. The van der Waals surface area contributed by atoms with Gasteiger partial charge in [-0.05, 0) is 24.6 Å². The van der Waals surface area contributed by atoms with Gasteiger partial charge in [-0.2, -0.15) is 0 Å². The Morgan fingerprint density at radius 2 is 1.72 bits per heavy atom. The zero-order valence-electron chi connectivity index (χ0n) is 10.3. The minimum Gasteiger partial charge on any atom is -0.475 e. The standard InChI is InChI=1S/C16H15NO/c1-12-7-9-14(10-8-12)16-17-15(11-18-16)13-5-3-2-4-6-13/h2-10,15H,11H2,1H3. The van der Waals surface area contributed by atoms with Crippen molar-refractivity contribution in [2.24, 2.45) is 4.99 Å². The summed E-state index contributed by atoms with van der Waals surface area (Å²) in [6, 6.07) is 18.7. The van der Waals surface area contributed by atoms with Crippen LogP contribution < -0.4 is 0 Å². The third kappa shape index (κ3) is 2.14. The quantitative estimate of drug-likeness (QED) is 0.783. The lowest BCUT2D eigenvalue weighted by Crippen LogP contribution is -2.01. The maximum atomic E-state index is 5.70. The summed E-state index contributed by atoms with van der Waals surface area (Å²) >= 11 is 0. The summed E-state index contributed by atoms with van der Waals surface area (Å²) in [5.74, 6) is 0.754. The molecule has 1 atom stereocenters. The maximum absolute atomic E-state index is 5.70. The summed E-state index contributed by atoms with van der Waals surface area (Å²) in [5, 5.41) is 0. The SMILES string of the molecule is Cc1ccc(C2=NC(c3ccccc3)CO2)cc1. The van der Waals surface area contributed by atoms with Crippen LogP contribution in [0.1, 0.15) is 22.7 Å². The Morgan fingerprint density at radius 3 is 2.44 bits per heavy atom. The van der Waals surface area contributed by atoms with E-state index < -0.39 is 0 Å². The molecule has 0 radical (unpaired) electrons. The zero-order valence-corrected chi connectivity index (χ0v) is 10.3. The predicted molar refractivity (Wildman–Crippen MR) is 72.9 cm³/mol. The van der Waals surface area contributed by atoms with Gasteiger partial charge in [0.15, 0.2) is 0 Å². The van der Waals surface area contributed by atoms with E-state index in [0.717, 1.165) is 11.5 Å². The molecule has 2 heteroatoms. The number of ether oxygens (including phenoxy) is 1. The molecule has 2 aromatic rings. The van der Waals surface area contributed by atoms with Crippen LogP contribution in [-0.2, 0) is 4.74 Å². The number of nitrogens with zero attached hydrogens (tertiary/aromatic N) is 1. The number of benzene rings is 2. The second-order valence-electron chi connectivity index (χ2n) is 4.54. The summed E-state index contributed by atoms with van der Waals surface area (Å²) in [5.41, 5.74) is 3.51. The zero-order chi connectivity index (χ0) is 12.4. The molecule has 0 bridgehead atoms. The molecule has 0 amide bonds. The molecule has 18 heavy (non-hydrogen) atoms. The highest BCUT2D eigenvalue weighted by Gasteiger charge is 2.21. The summed E-state index contributed by atoms with van der Waals surface area (Å²) in [7, 11) is 0. The number of rotatable bonds is 2. The van der Waals surface area contributed by atoms with E-state index in [-0.39, 0.29) is 6.04 Å². The molecule has 0 N–H and O–H groups in total. The van der Waals surface area contributed by atoms with Crippen LogP contribution in [0.15, 0.2) is 59.6 Å². The molecule has 0 aromatic heterocycles. The van der Waals surface area contributed by atoms with Gasteiger partial charge in [-0.3, -0.25) is 0 Å². The fourth-order valence-corrected chi connectivity index (χ4v) is 2.07. The van der Waals surface area contributed by atoms with Crippen molar-refractivity contribution in [1.29, 1.82) is 0 Å². The van der Waals surface area contributed by atoms with Crippen molar-refractivity contribution < 1.29 is 4.74 Å². The van der Waals surface area contributed by atoms with E-state index in [2.05, 4.69) is 48.3 Å². The first-order chi connectivity index (χ1) is 8.83. The lowest BCUT2D eigenvalue weighted by Gasteiger charge is -2.03. The Balaban J connectivity index is 1.86. The first-order valence-corrected chi connectivity index (χ1v) is 6.15. The highest BCUT2D eigenvalue weighted by atomic mass is 16.5. The van der Waals surface area contributed by atoms with E-state index in [9.17, 15) is 0 Å². The lowest BCUT2D eigenvalue weighted by atomic mass is 10.1. The fraction of sp³-hybridized carbons (Fsp3) is 0.188. The molecular formula is C16H15NO. The normalized spacial score (nSPS) is 18.3. The second-order valence-corrected chi connectivity index (χ2v) is 4.54. The Labute approximate surface area is 107 Å². The molecule has 3 rings (SSSR count). The van der Waals surface area contributed by atoms with Crippen molar-refractivity contribution in [1.82, 2.24) is 0 Å². The average Bonchev–Trinajstić information content (AvgIpc) is 2.90. The second kappa shape index (κ2) is 4.65. The summed E-state index contributed by atoms with van der Waals surface area (Å²) in [4.78, 5) is 4.65. The van der Waals surface area contributed by atoms with Gasteiger partial charge in [0.2, 0.25) is 5.90 Å². The molecule has 0 aliphatic carbocycles. The van der Waals surface area contributed by atoms with Crippen molar-refractivity contribution in [3.05, 3.63) is 71.3 Å². The molecule has 1 aliphatic heterocycles. The van der Waals surface area contributed by atoms with Gasteiger partial charge in [0.05, 0.1) is 0 Å². The monoisotopic (exact) mass is 237 g/mol. The van der Waals surface area contributed by atoms with Gasteiger partial charge in [-0.25, -0.2) is 4.99 Å². The lowest BCUT2D eigenvalue weighted by molar-refractivity contribution is 0.320. The number of hydrogen-bond acceptors (Lipinski definition) is 2. The maximum Gasteiger partial charge on any atom is 0.216 e. The van der Waals surface area contributed by atoms with Gasteiger partial charge in [0, 0.05) is 5.56 Å². The van der Waals surface area contributed by atoms with E-state index in [1.54, 1.807) is 0 Å². The highest BCUT2D eigenvalue weighted by molar-refractivity contribution is 5.95. The van der Waals surface area contributed by atoms with E-state index in [4.69, 9.17) is 4.74 Å². The molecule has 0 saturated carbocycles. The molecule has 1 unspecified atom stereocenters. The first kappa shape index (κ1) is 11.0. The smallest absolute Gasteiger partial charge is 0.216 e. The van der Waals surface area contributed by atoms with Gasteiger partial charge in [0.1, 0.15) is 12.6 Å². The third-order valence-corrected chi connectivity index (χ3v) is 3.13. The number of aliphatic imine (C=N–C) groups is 1. The molecule has 0 fully saturated rings. The fourth-order valence-electron chi connectivity index (χ4n) is 2.07. The van der Waals surface area contributed by atoms with Crippen molar-refractivity contribution >= 4 is 5.90 Å². The van der Waals surface area contributed by atoms with Gasteiger partial charge >= 0.3 is 0 Å². The van der Waals surface area contributed by atoms with Gasteiger partial charge in [-0.1, -0.05) is 48.0 Å². The van der Waals surface area contributed by atoms with Crippen LogP contribution in [0.3, 0.4) is 0 Å². The number of hydrogen-bond donors (Lipinski definition) is 0. The van der Waals surface area contributed by atoms with Gasteiger partial charge < -0.3 is 4.74 Å². The van der Waals surface area contributed by atoms with Gasteiger partial charge in [0.25, 0.3) is 0 Å². The topological polar surface area (TPSA) is 21.6 Å². The molecule has 1 aliphatic rings. The molecular weight excluding hydrogens is 222 g/mol. The molecule has 2 aromatic carbocycles. The Bertz CT molecular complexity index is 557. The highest BCUT2D eigenvalue weighted by Crippen LogP contribution is 2.24. The van der Waals surface area contributed by atoms with E-state index >= 15 is 0 Å². The van der Waals surface area contributed by atoms with Crippen LogP contribution in [-0.4, -0.2) is 12.5 Å². The van der Waals surface area contributed by atoms with Crippen molar-refractivity contribution in [3.8, 4) is 0 Å². The van der Waals surface area contributed by atoms with Crippen molar-refractivity contribution in [3.63, 3.8) is 0 Å². The summed E-state index contributed by atoms with van der Waals surface area (Å²) in [6.07, 6.45) is 0. The van der Waals surface area contributed by atoms with Crippen molar-refractivity contribution in [2.75, 3.05) is 6.61 Å². The van der Waals surface area contributed by atoms with Gasteiger partial charge in [-0.15, -0.1) is 0 Å². The molecule has 0 spiro atoms. The average molecular weight is 237 g/mol. The first-order valence-electron chi connectivity index (χ1n) is 6.15. The number of aryl methyl sites for hydroxylation is 1. The van der Waals surface area contributed by atoms with Crippen LogP contribution in [0.5, 0.6) is 0 Å². The third-order valence-electron chi connectivity index (χ3n) is 3.13. The summed E-state index contributed by atoms with van der Waals surface area (Å²) in [6.45, 7) is 2.71. The van der Waals surface area contributed by atoms with Crippen molar-refractivity contribution in [2.45, 2.75) is 13.0 Å². The Morgan fingerprint density at radius 1 is 1.00 bits per heavy atom. The van der Waals surface area contributed by atoms with E-state index in [0.29, 0.717) is 6.61 Å². The van der Waals surface area contributed by atoms with Crippen LogP contribution in [0.2, 0.25) is 0 Å². The minimum atomic E-state index is 0.127. The molecule has 2 nitrogen and oxygen atoms in total.